The van der Waals surface area contributed by atoms with Crippen LogP contribution in [0.25, 0.3) is 0 Å². The summed E-state index contributed by atoms with van der Waals surface area (Å²) in [6, 6.07) is 1.20. The van der Waals surface area contributed by atoms with E-state index in [2.05, 4.69) is 21.2 Å². The van der Waals surface area contributed by atoms with Crippen LogP contribution in [0.3, 0.4) is 0 Å². The first-order chi connectivity index (χ1) is 9.46. The van der Waals surface area contributed by atoms with Crippen LogP contribution in [-0.2, 0) is 6.42 Å². The Morgan fingerprint density at radius 2 is 1.62 bits per heavy atom. The van der Waals surface area contributed by atoms with Gasteiger partial charge in [0.15, 0.2) is 5.92 Å². The maximum absolute atomic E-state index is 12.9. The van der Waals surface area contributed by atoms with Crippen molar-refractivity contribution < 1.29 is 30.7 Å². The number of rotatable bonds is 4. The lowest BCUT2D eigenvalue weighted by atomic mass is 9.92. The van der Waals surface area contributed by atoms with Crippen molar-refractivity contribution in [1.82, 2.24) is 5.32 Å². The second-order valence-electron chi connectivity index (χ2n) is 4.40. The lowest BCUT2D eigenvalue weighted by molar-refractivity contribution is -0.291. The fourth-order valence-electron chi connectivity index (χ4n) is 1.95. The van der Waals surface area contributed by atoms with Crippen LogP contribution in [0.15, 0.2) is 22.7 Å². The average Bonchev–Trinajstić information content (AvgIpc) is 2.27. The Balaban J connectivity index is 3.10. The summed E-state index contributed by atoms with van der Waals surface area (Å²) in [5.41, 5.74) is 0.147. The first-order valence-electron chi connectivity index (χ1n) is 5.71. The molecule has 9 heteroatoms. The molecule has 0 aliphatic rings. The van der Waals surface area contributed by atoms with E-state index in [1.807, 2.05) is 0 Å². The predicted molar refractivity (Wildman–Crippen MR) is 66.3 cm³/mol. The van der Waals surface area contributed by atoms with E-state index in [9.17, 15) is 30.7 Å². The molecular formula is C12H11BrF7N. The zero-order valence-corrected chi connectivity index (χ0v) is 12.2. The summed E-state index contributed by atoms with van der Waals surface area (Å²) >= 11 is 2.92. The summed E-state index contributed by atoms with van der Waals surface area (Å²) in [6.45, 7) is 0. The molecule has 1 nitrogen and oxygen atoms in total. The van der Waals surface area contributed by atoms with E-state index in [4.69, 9.17) is 0 Å². The lowest BCUT2D eigenvalue weighted by Crippen LogP contribution is -2.51. The van der Waals surface area contributed by atoms with Gasteiger partial charge < -0.3 is 5.32 Å². The van der Waals surface area contributed by atoms with Gasteiger partial charge in [0.1, 0.15) is 5.82 Å². The topological polar surface area (TPSA) is 12.0 Å². The zero-order valence-electron chi connectivity index (χ0n) is 10.6. The maximum Gasteiger partial charge on any atom is 0.402 e. The highest BCUT2D eigenvalue weighted by molar-refractivity contribution is 9.10. The van der Waals surface area contributed by atoms with E-state index in [0.29, 0.717) is 0 Å². The number of halogens is 8. The molecule has 1 N–H and O–H groups in total. The Morgan fingerprint density at radius 3 is 2.00 bits per heavy atom. The molecule has 0 fully saturated rings. The molecule has 1 aromatic carbocycles. The van der Waals surface area contributed by atoms with Gasteiger partial charge in [-0.05, 0) is 31.2 Å². The highest BCUT2D eigenvalue weighted by atomic mass is 79.9. The van der Waals surface area contributed by atoms with E-state index in [0.717, 1.165) is 25.2 Å². The molecular weight excluding hydrogens is 371 g/mol. The summed E-state index contributed by atoms with van der Waals surface area (Å²) in [4.78, 5) is 0. The van der Waals surface area contributed by atoms with Crippen LogP contribution in [-0.4, -0.2) is 25.4 Å². The molecule has 0 aromatic heterocycles. The van der Waals surface area contributed by atoms with Crippen molar-refractivity contribution in [3.8, 4) is 0 Å². The summed E-state index contributed by atoms with van der Waals surface area (Å²) < 4.78 is 89.1. The van der Waals surface area contributed by atoms with E-state index in [1.165, 1.54) is 0 Å². The first kappa shape index (κ1) is 18.2. The molecule has 1 rings (SSSR count). The largest absolute Gasteiger partial charge is 0.402 e. The predicted octanol–water partition coefficient (Wildman–Crippen LogP) is 4.46. The van der Waals surface area contributed by atoms with Crippen molar-refractivity contribution in [1.29, 1.82) is 0 Å². The van der Waals surface area contributed by atoms with Gasteiger partial charge in [-0.3, -0.25) is 0 Å². The highest BCUT2D eigenvalue weighted by Gasteiger charge is 2.59. The van der Waals surface area contributed by atoms with Gasteiger partial charge >= 0.3 is 12.4 Å². The summed E-state index contributed by atoms with van der Waals surface area (Å²) in [6.07, 6.45) is -11.4. The molecule has 0 saturated heterocycles. The van der Waals surface area contributed by atoms with Crippen LogP contribution in [0, 0.1) is 11.7 Å². The van der Waals surface area contributed by atoms with Crippen LogP contribution in [0.4, 0.5) is 30.7 Å². The maximum atomic E-state index is 12.9. The van der Waals surface area contributed by atoms with Crippen LogP contribution < -0.4 is 5.32 Å². The fraction of sp³-hybridized carbons (Fsp3) is 0.500. The summed E-state index contributed by atoms with van der Waals surface area (Å²) in [5, 5.41) is 2.05. The molecule has 0 saturated carbocycles. The minimum absolute atomic E-state index is 0.117. The minimum Gasteiger partial charge on any atom is -0.316 e. The van der Waals surface area contributed by atoms with Gasteiger partial charge in [0.05, 0.1) is 0 Å². The molecule has 0 amide bonds. The number of hydrogen-bond acceptors (Lipinski definition) is 1. The van der Waals surface area contributed by atoms with Gasteiger partial charge in [-0.2, -0.15) is 26.3 Å². The van der Waals surface area contributed by atoms with Crippen molar-refractivity contribution in [2.75, 3.05) is 7.05 Å². The molecule has 1 aromatic rings. The van der Waals surface area contributed by atoms with E-state index in [1.54, 1.807) is 0 Å². The Labute approximate surface area is 124 Å². The Kier molecular flexibility index (Phi) is 5.65. The third-order valence-electron chi connectivity index (χ3n) is 2.93. The minimum atomic E-state index is -5.43. The molecule has 0 aliphatic carbocycles. The molecule has 21 heavy (non-hydrogen) atoms. The first-order valence-corrected chi connectivity index (χ1v) is 6.50. The zero-order chi connectivity index (χ0) is 16.4. The number of likely N-dealkylation sites (N-methyl/N-ethyl adjacent to an activating group) is 1. The van der Waals surface area contributed by atoms with Crippen molar-refractivity contribution in [2.45, 2.75) is 24.8 Å². The molecule has 0 radical (unpaired) electrons. The quantitative estimate of drug-likeness (QED) is 0.759. The number of nitrogens with one attached hydrogen (secondary N) is 1. The normalized spacial score (nSPS) is 14.6. The Bertz CT molecular complexity index is 469. The lowest BCUT2D eigenvalue weighted by Gasteiger charge is -2.30. The van der Waals surface area contributed by atoms with E-state index < -0.39 is 36.6 Å². The molecule has 0 aliphatic heterocycles. The molecule has 1 unspecified atom stereocenters. The van der Waals surface area contributed by atoms with E-state index >= 15 is 0 Å². The molecule has 0 heterocycles. The van der Waals surface area contributed by atoms with Gasteiger partial charge in [-0.15, -0.1) is 0 Å². The van der Waals surface area contributed by atoms with Crippen LogP contribution in [0.2, 0.25) is 0 Å². The summed E-state index contributed by atoms with van der Waals surface area (Å²) in [7, 11) is 1.02. The fourth-order valence-corrected chi connectivity index (χ4v) is 2.47. The Morgan fingerprint density at radius 1 is 1.10 bits per heavy atom. The van der Waals surface area contributed by atoms with Crippen molar-refractivity contribution in [3.05, 3.63) is 34.1 Å². The summed E-state index contributed by atoms with van der Waals surface area (Å²) in [5.74, 6) is -4.15. The Hall–Kier alpha value is -0.830. The van der Waals surface area contributed by atoms with Gasteiger partial charge in [0.25, 0.3) is 0 Å². The van der Waals surface area contributed by atoms with Crippen molar-refractivity contribution >= 4 is 15.9 Å². The van der Waals surface area contributed by atoms with Crippen LogP contribution in [0.1, 0.15) is 5.56 Å². The van der Waals surface area contributed by atoms with Crippen molar-refractivity contribution in [2.24, 2.45) is 5.92 Å². The van der Waals surface area contributed by atoms with Crippen LogP contribution in [0.5, 0.6) is 0 Å². The second kappa shape index (κ2) is 6.51. The SMILES string of the molecule is CNC(Cc1ccc(F)cc1Br)C(C(F)(F)F)C(F)(F)F. The van der Waals surface area contributed by atoms with Gasteiger partial charge in [0, 0.05) is 10.5 Å². The second-order valence-corrected chi connectivity index (χ2v) is 5.25. The number of hydrogen-bond donors (Lipinski definition) is 1. The average molecular weight is 382 g/mol. The van der Waals surface area contributed by atoms with Gasteiger partial charge in [0.2, 0.25) is 0 Å². The monoisotopic (exact) mass is 381 g/mol. The molecule has 0 spiro atoms. The van der Waals surface area contributed by atoms with E-state index in [-0.39, 0.29) is 10.0 Å². The third-order valence-corrected chi connectivity index (χ3v) is 3.67. The van der Waals surface area contributed by atoms with Gasteiger partial charge in [-0.25, -0.2) is 4.39 Å². The third kappa shape index (κ3) is 4.84. The highest BCUT2D eigenvalue weighted by Crippen LogP contribution is 2.42. The van der Waals surface area contributed by atoms with Gasteiger partial charge in [-0.1, -0.05) is 22.0 Å². The van der Waals surface area contributed by atoms with Crippen LogP contribution >= 0.6 is 15.9 Å². The standard InChI is InChI=1S/C12H11BrF7N/c1-21-9(10(11(15,16)17)12(18,19)20)4-6-2-3-7(14)5-8(6)13/h2-3,5,9-10,21H,4H2,1H3. The molecule has 1 atom stereocenters. The number of benzene rings is 1. The number of alkyl halides is 6. The smallest absolute Gasteiger partial charge is 0.316 e. The molecule has 0 bridgehead atoms. The molecule has 120 valence electrons. The van der Waals surface area contributed by atoms with Crippen molar-refractivity contribution in [3.63, 3.8) is 0 Å².